The van der Waals surface area contributed by atoms with Gasteiger partial charge in [-0.25, -0.2) is 4.79 Å². The number of nitrogens with two attached hydrogens (primary N) is 1. The topological polar surface area (TPSA) is 72.5 Å². The number of carbonyl (C=O) groups excluding carboxylic acids is 1. The van der Waals surface area contributed by atoms with E-state index in [1.54, 1.807) is 0 Å². The fourth-order valence-electron chi connectivity index (χ4n) is 1.01. The normalized spacial score (nSPS) is 14.2. The van der Waals surface area contributed by atoms with Crippen LogP contribution in [0, 0.1) is 0 Å². The molecule has 1 rings (SSSR count). The number of esters is 1. The summed E-state index contributed by atoms with van der Waals surface area (Å²) in [5, 5.41) is 9.52. The Bertz CT molecular complexity index is 379. The van der Waals surface area contributed by atoms with Crippen LogP contribution in [-0.4, -0.2) is 23.2 Å². The molecule has 1 unspecified atom stereocenters. The van der Waals surface area contributed by atoms with Crippen molar-refractivity contribution in [2.75, 3.05) is 6.54 Å². The zero-order chi connectivity index (χ0) is 12.2. The average Bonchev–Trinajstić information content (AvgIpc) is 2.26. The maximum atomic E-state index is 11.4. The van der Waals surface area contributed by atoms with Crippen molar-refractivity contribution >= 4 is 21.9 Å². The van der Waals surface area contributed by atoms with E-state index in [2.05, 4.69) is 15.9 Å². The highest BCUT2D eigenvalue weighted by molar-refractivity contribution is 9.10. The van der Waals surface area contributed by atoms with Crippen LogP contribution < -0.4 is 5.73 Å². The van der Waals surface area contributed by atoms with Gasteiger partial charge in [0.1, 0.15) is 6.61 Å². The summed E-state index contributed by atoms with van der Waals surface area (Å²) in [6.07, 6.45) is 0. The van der Waals surface area contributed by atoms with Gasteiger partial charge in [0.05, 0.1) is 0 Å². The van der Waals surface area contributed by atoms with Gasteiger partial charge in [0.2, 0.25) is 0 Å². The minimum absolute atomic E-state index is 0.119. The van der Waals surface area contributed by atoms with E-state index < -0.39 is 11.6 Å². The van der Waals surface area contributed by atoms with Gasteiger partial charge in [-0.3, -0.25) is 0 Å². The summed E-state index contributed by atoms with van der Waals surface area (Å²) in [6, 6.07) is 7.38. The van der Waals surface area contributed by atoms with E-state index in [9.17, 15) is 9.90 Å². The molecule has 0 aromatic heterocycles. The molecule has 0 aliphatic heterocycles. The largest absolute Gasteiger partial charge is 0.459 e. The van der Waals surface area contributed by atoms with Crippen LogP contribution in [0.5, 0.6) is 0 Å². The number of hydrogen-bond donors (Lipinski definition) is 2. The zero-order valence-electron chi connectivity index (χ0n) is 8.94. The number of benzene rings is 1. The first-order valence-electron chi connectivity index (χ1n) is 4.80. The molecule has 1 aromatic rings. The van der Waals surface area contributed by atoms with Crippen molar-refractivity contribution in [3.63, 3.8) is 0 Å². The molecule has 88 valence electrons. The van der Waals surface area contributed by atoms with E-state index in [0.29, 0.717) is 0 Å². The first kappa shape index (κ1) is 13.2. The van der Waals surface area contributed by atoms with E-state index >= 15 is 0 Å². The lowest BCUT2D eigenvalue weighted by Crippen LogP contribution is -2.43. The van der Waals surface area contributed by atoms with E-state index in [4.69, 9.17) is 10.5 Å². The summed E-state index contributed by atoms with van der Waals surface area (Å²) < 4.78 is 5.86. The van der Waals surface area contributed by atoms with Gasteiger partial charge in [-0.15, -0.1) is 0 Å². The zero-order valence-corrected chi connectivity index (χ0v) is 10.5. The first-order chi connectivity index (χ1) is 7.45. The predicted octanol–water partition coefficient (Wildman–Crippen LogP) is 1.20. The molecule has 3 N–H and O–H groups in total. The molecule has 0 heterocycles. The lowest BCUT2D eigenvalue weighted by Gasteiger charge is -2.18. The molecule has 4 nitrogen and oxygen atoms in total. The van der Waals surface area contributed by atoms with Crippen molar-refractivity contribution in [2.45, 2.75) is 19.1 Å². The molecular formula is C11H14BrNO3. The third kappa shape index (κ3) is 3.59. The lowest BCUT2D eigenvalue weighted by molar-refractivity contribution is -0.164. The van der Waals surface area contributed by atoms with Gasteiger partial charge >= 0.3 is 5.97 Å². The third-order valence-corrected chi connectivity index (χ3v) is 2.59. The second kappa shape index (κ2) is 5.43. The number of hydrogen-bond acceptors (Lipinski definition) is 4. The number of rotatable bonds is 4. The lowest BCUT2D eigenvalue weighted by atomic mass is 10.1. The molecule has 5 heteroatoms. The standard InChI is InChI=1S/C11H14BrNO3/c1-11(15,7-13)10(14)16-6-8-3-2-4-9(12)5-8/h2-5,15H,6-7,13H2,1H3. The van der Waals surface area contributed by atoms with Crippen LogP contribution in [0.25, 0.3) is 0 Å². The smallest absolute Gasteiger partial charge is 0.339 e. The maximum Gasteiger partial charge on any atom is 0.339 e. The van der Waals surface area contributed by atoms with Crippen molar-refractivity contribution in [2.24, 2.45) is 5.73 Å². The van der Waals surface area contributed by atoms with Crippen LogP contribution in [0.2, 0.25) is 0 Å². The Morgan fingerprint density at radius 3 is 2.88 bits per heavy atom. The highest BCUT2D eigenvalue weighted by Crippen LogP contribution is 2.13. The van der Waals surface area contributed by atoms with Crippen LogP contribution in [0.15, 0.2) is 28.7 Å². The number of halogens is 1. The fourth-order valence-corrected chi connectivity index (χ4v) is 1.46. The van der Waals surface area contributed by atoms with Crippen LogP contribution in [-0.2, 0) is 16.1 Å². The minimum atomic E-state index is -1.62. The molecule has 0 bridgehead atoms. The Morgan fingerprint density at radius 1 is 1.62 bits per heavy atom. The van der Waals surface area contributed by atoms with Gasteiger partial charge in [0, 0.05) is 11.0 Å². The minimum Gasteiger partial charge on any atom is -0.459 e. The summed E-state index contributed by atoms with van der Waals surface area (Å²) in [4.78, 5) is 11.4. The Kier molecular flexibility index (Phi) is 4.46. The summed E-state index contributed by atoms with van der Waals surface area (Å²) >= 11 is 3.31. The Balaban J connectivity index is 2.56. The molecule has 0 radical (unpaired) electrons. The second-order valence-corrected chi connectivity index (χ2v) is 4.60. The highest BCUT2D eigenvalue weighted by atomic mass is 79.9. The first-order valence-corrected chi connectivity index (χ1v) is 5.59. The van der Waals surface area contributed by atoms with E-state index in [0.717, 1.165) is 10.0 Å². The Morgan fingerprint density at radius 2 is 2.31 bits per heavy atom. The second-order valence-electron chi connectivity index (χ2n) is 3.68. The number of ether oxygens (including phenoxy) is 1. The van der Waals surface area contributed by atoms with Crippen LogP contribution in [0.1, 0.15) is 12.5 Å². The molecule has 0 amide bonds. The maximum absolute atomic E-state index is 11.4. The Labute approximate surface area is 103 Å². The van der Waals surface area contributed by atoms with Crippen molar-refractivity contribution in [1.29, 1.82) is 0 Å². The van der Waals surface area contributed by atoms with Crippen LogP contribution in [0.4, 0.5) is 0 Å². The third-order valence-electron chi connectivity index (χ3n) is 2.10. The summed E-state index contributed by atoms with van der Waals surface area (Å²) in [6.45, 7) is 1.29. The van der Waals surface area contributed by atoms with Gasteiger partial charge in [-0.2, -0.15) is 0 Å². The summed E-state index contributed by atoms with van der Waals surface area (Å²) in [7, 11) is 0. The van der Waals surface area contributed by atoms with E-state index in [1.165, 1.54) is 6.92 Å². The van der Waals surface area contributed by atoms with E-state index in [1.807, 2.05) is 24.3 Å². The molecule has 0 fully saturated rings. The molecule has 0 aliphatic carbocycles. The molecule has 0 aliphatic rings. The SMILES string of the molecule is CC(O)(CN)C(=O)OCc1cccc(Br)c1. The van der Waals surface area contributed by atoms with Gasteiger partial charge in [0.25, 0.3) is 0 Å². The summed E-state index contributed by atoms with van der Waals surface area (Å²) in [5.74, 6) is -0.713. The summed E-state index contributed by atoms with van der Waals surface area (Å²) in [5.41, 5.74) is 4.47. The predicted molar refractivity (Wildman–Crippen MR) is 63.6 cm³/mol. The van der Waals surface area contributed by atoms with Crippen molar-refractivity contribution in [3.8, 4) is 0 Å². The molecule has 0 saturated heterocycles. The fraction of sp³-hybridized carbons (Fsp3) is 0.364. The molecule has 0 saturated carbocycles. The van der Waals surface area contributed by atoms with E-state index in [-0.39, 0.29) is 13.2 Å². The van der Waals surface area contributed by atoms with Gasteiger partial charge in [-0.1, -0.05) is 28.1 Å². The van der Waals surface area contributed by atoms with Crippen LogP contribution in [0.3, 0.4) is 0 Å². The quantitative estimate of drug-likeness (QED) is 0.817. The Hall–Kier alpha value is -0.910. The molecule has 1 atom stereocenters. The van der Waals surface area contributed by atoms with Gasteiger partial charge < -0.3 is 15.6 Å². The van der Waals surface area contributed by atoms with Crippen molar-refractivity contribution < 1.29 is 14.6 Å². The van der Waals surface area contributed by atoms with Crippen molar-refractivity contribution in [3.05, 3.63) is 34.3 Å². The average molecular weight is 288 g/mol. The molecule has 1 aromatic carbocycles. The molecular weight excluding hydrogens is 274 g/mol. The van der Waals surface area contributed by atoms with Crippen LogP contribution >= 0.6 is 15.9 Å². The van der Waals surface area contributed by atoms with Gasteiger partial charge in [0.15, 0.2) is 5.60 Å². The number of aliphatic hydroxyl groups is 1. The molecule has 16 heavy (non-hydrogen) atoms. The highest BCUT2D eigenvalue weighted by Gasteiger charge is 2.30. The number of carbonyl (C=O) groups is 1. The van der Waals surface area contributed by atoms with Gasteiger partial charge in [-0.05, 0) is 24.6 Å². The monoisotopic (exact) mass is 287 g/mol. The van der Waals surface area contributed by atoms with Crippen molar-refractivity contribution in [1.82, 2.24) is 0 Å². The molecule has 0 spiro atoms.